The van der Waals surface area contributed by atoms with Crippen LogP contribution in [0.15, 0.2) is 24.3 Å². The van der Waals surface area contributed by atoms with Gasteiger partial charge in [-0.05, 0) is 31.5 Å². The zero-order chi connectivity index (χ0) is 14.6. The van der Waals surface area contributed by atoms with Crippen LogP contribution >= 0.6 is 0 Å². The maximum Gasteiger partial charge on any atom is 0.418 e. The van der Waals surface area contributed by atoms with Crippen LogP contribution in [0.3, 0.4) is 0 Å². The number of alkyl halides is 3. The van der Waals surface area contributed by atoms with Gasteiger partial charge in [0.25, 0.3) is 0 Å². The lowest BCUT2D eigenvalue weighted by Crippen LogP contribution is -2.47. The fourth-order valence-electron chi connectivity index (χ4n) is 2.16. The van der Waals surface area contributed by atoms with E-state index in [1.54, 1.807) is 0 Å². The van der Waals surface area contributed by atoms with E-state index in [4.69, 9.17) is 0 Å². The van der Waals surface area contributed by atoms with Crippen LogP contribution in [0.4, 0.5) is 23.7 Å². The molecule has 2 amide bonds. The van der Waals surface area contributed by atoms with E-state index in [1.165, 1.54) is 18.2 Å². The summed E-state index contributed by atoms with van der Waals surface area (Å²) in [4.78, 5) is 11.7. The van der Waals surface area contributed by atoms with Crippen molar-refractivity contribution in [1.29, 1.82) is 0 Å². The Labute approximate surface area is 114 Å². The largest absolute Gasteiger partial charge is 0.418 e. The molecule has 0 aliphatic carbocycles. The van der Waals surface area contributed by atoms with Crippen molar-refractivity contribution in [2.45, 2.75) is 25.1 Å². The second kappa shape index (κ2) is 6.13. The molecule has 20 heavy (non-hydrogen) atoms. The van der Waals surface area contributed by atoms with Gasteiger partial charge in [-0.15, -0.1) is 0 Å². The quantitative estimate of drug-likeness (QED) is 0.783. The third-order valence-corrected chi connectivity index (χ3v) is 3.11. The van der Waals surface area contributed by atoms with E-state index in [-0.39, 0.29) is 11.7 Å². The minimum Gasteiger partial charge on any atom is -0.334 e. The lowest BCUT2D eigenvalue weighted by atomic mass is 10.1. The predicted molar refractivity (Wildman–Crippen MR) is 69.5 cm³/mol. The molecule has 0 spiro atoms. The topological polar surface area (TPSA) is 53.2 Å². The summed E-state index contributed by atoms with van der Waals surface area (Å²) in [6.45, 7) is 1.53. The lowest BCUT2D eigenvalue weighted by molar-refractivity contribution is -0.136. The average Bonchev–Trinajstić information content (AvgIpc) is 2.39. The standard InChI is InChI=1S/C13H16F3N3O/c14-13(15,16)10-5-1-2-6-11(10)19-12(20)18-9-4-3-7-17-8-9/h1-2,5-6,9,17H,3-4,7-8H2,(H2,18,19,20)/t9-/m1/s1. The number of amides is 2. The molecule has 1 saturated heterocycles. The van der Waals surface area contributed by atoms with Gasteiger partial charge in [0.15, 0.2) is 0 Å². The number of carbonyl (C=O) groups is 1. The van der Waals surface area contributed by atoms with E-state index in [1.807, 2.05) is 0 Å². The Kier molecular flexibility index (Phi) is 4.49. The van der Waals surface area contributed by atoms with Crippen molar-refractivity contribution in [2.24, 2.45) is 0 Å². The lowest BCUT2D eigenvalue weighted by Gasteiger charge is -2.24. The number of piperidine rings is 1. The summed E-state index contributed by atoms with van der Waals surface area (Å²) < 4.78 is 38.3. The molecule has 1 heterocycles. The second-order valence-corrected chi connectivity index (χ2v) is 4.69. The Bertz CT molecular complexity index is 470. The third-order valence-electron chi connectivity index (χ3n) is 3.11. The highest BCUT2D eigenvalue weighted by Gasteiger charge is 2.33. The molecule has 0 saturated carbocycles. The number of benzene rings is 1. The third kappa shape index (κ3) is 3.86. The van der Waals surface area contributed by atoms with Crippen LogP contribution in [0.2, 0.25) is 0 Å². The van der Waals surface area contributed by atoms with Gasteiger partial charge < -0.3 is 16.0 Å². The molecule has 3 N–H and O–H groups in total. The van der Waals surface area contributed by atoms with Crippen molar-refractivity contribution in [3.8, 4) is 0 Å². The van der Waals surface area contributed by atoms with Crippen LogP contribution in [0.25, 0.3) is 0 Å². The van der Waals surface area contributed by atoms with Crippen LogP contribution in [0, 0.1) is 0 Å². The van der Waals surface area contributed by atoms with E-state index < -0.39 is 17.8 Å². The van der Waals surface area contributed by atoms with Crippen LogP contribution in [-0.4, -0.2) is 25.2 Å². The van der Waals surface area contributed by atoms with Gasteiger partial charge in [-0.3, -0.25) is 0 Å². The van der Waals surface area contributed by atoms with E-state index in [9.17, 15) is 18.0 Å². The Balaban J connectivity index is 2.00. The summed E-state index contributed by atoms with van der Waals surface area (Å²) >= 11 is 0. The average molecular weight is 287 g/mol. The first-order chi connectivity index (χ1) is 9.47. The molecule has 0 bridgehead atoms. The van der Waals surface area contributed by atoms with Gasteiger partial charge in [-0.2, -0.15) is 13.2 Å². The molecule has 0 aromatic heterocycles. The monoisotopic (exact) mass is 287 g/mol. The van der Waals surface area contributed by atoms with Gasteiger partial charge in [-0.1, -0.05) is 12.1 Å². The predicted octanol–water partition coefficient (Wildman–Crippen LogP) is 2.58. The maximum absolute atomic E-state index is 12.8. The highest BCUT2D eigenvalue weighted by Crippen LogP contribution is 2.34. The van der Waals surface area contributed by atoms with Gasteiger partial charge in [0.1, 0.15) is 0 Å². The summed E-state index contributed by atoms with van der Waals surface area (Å²) in [5.74, 6) is 0. The van der Waals surface area contributed by atoms with E-state index >= 15 is 0 Å². The van der Waals surface area contributed by atoms with Gasteiger partial charge in [-0.25, -0.2) is 4.79 Å². The molecule has 1 aromatic carbocycles. The number of nitrogens with one attached hydrogen (secondary N) is 3. The Morgan fingerprint density at radius 1 is 1.30 bits per heavy atom. The highest BCUT2D eigenvalue weighted by molar-refractivity contribution is 5.90. The van der Waals surface area contributed by atoms with E-state index in [0.29, 0.717) is 6.54 Å². The van der Waals surface area contributed by atoms with Crippen LogP contribution < -0.4 is 16.0 Å². The molecule has 4 nitrogen and oxygen atoms in total. The Morgan fingerprint density at radius 3 is 2.70 bits per heavy atom. The molecule has 1 aliphatic rings. The van der Waals surface area contributed by atoms with Crippen molar-refractivity contribution in [3.05, 3.63) is 29.8 Å². The molecule has 1 aliphatic heterocycles. The highest BCUT2D eigenvalue weighted by atomic mass is 19.4. The number of hydrogen-bond acceptors (Lipinski definition) is 2. The van der Waals surface area contributed by atoms with E-state index in [2.05, 4.69) is 16.0 Å². The minimum absolute atomic E-state index is 0.0539. The fourth-order valence-corrected chi connectivity index (χ4v) is 2.16. The normalized spacial score (nSPS) is 19.4. The van der Waals surface area contributed by atoms with Gasteiger partial charge in [0.05, 0.1) is 11.3 Å². The number of rotatable bonds is 2. The SMILES string of the molecule is O=C(Nc1ccccc1C(F)(F)F)N[C@@H]1CCCNC1. The number of halogens is 3. The Hall–Kier alpha value is -1.76. The maximum atomic E-state index is 12.8. The molecule has 7 heteroatoms. The molecular formula is C13H16F3N3O. The van der Waals surface area contributed by atoms with Crippen molar-refractivity contribution in [1.82, 2.24) is 10.6 Å². The van der Waals surface area contributed by atoms with Gasteiger partial charge >= 0.3 is 12.2 Å². The van der Waals surface area contributed by atoms with Crippen LogP contribution in [-0.2, 0) is 6.18 Å². The zero-order valence-corrected chi connectivity index (χ0v) is 10.8. The molecule has 110 valence electrons. The van der Waals surface area contributed by atoms with E-state index in [0.717, 1.165) is 25.5 Å². The summed E-state index contributed by atoms with van der Waals surface area (Å²) in [6, 6.07) is 4.25. The molecule has 2 rings (SSSR count). The smallest absolute Gasteiger partial charge is 0.334 e. The zero-order valence-electron chi connectivity index (χ0n) is 10.8. The second-order valence-electron chi connectivity index (χ2n) is 4.69. The van der Waals surface area contributed by atoms with Gasteiger partial charge in [0.2, 0.25) is 0 Å². The molecule has 0 unspecified atom stereocenters. The summed E-state index contributed by atoms with van der Waals surface area (Å²) in [7, 11) is 0. The summed E-state index contributed by atoms with van der Waals surface area (Å²) in [5, 5.41) is 8.05. The Morgan fingerprint density at radius 2 is 2.05 bits per heavy atom. The molecule has 1 aromatic rings. The number of hydrogen-bond donors (Lipinski definition) is 3. The first-order valence-corrected chi connectivity index (χ1v) is 6.41. The summed E-state index contributed by atoms with van der Waals surface area (Å²) in [6.07, 6.45) is -2.73. The van der Waals surface area contributed by atoms with Crippen LogP contribution in [0.5, 0.6) is 0 Å². The minimum atomic E-state index is -4.49. The summed E-state index contributed by atoms with van der Waals surface area (Å²) in [5.41, 5.74) is -1.09. The van der Waals surface area contributed by atoms with Crippen molar-refractivity contribution < 1.29 is 18.0 Å². The van der Waals surface area contributed by atoms with Crippen molar-refractivity contribution >= 4 is 11.7 Å². The number of urea groups is 1. The van der Waals surface area contributed by atoms with Crippen LogP contribution in [0.1, 0.15) is 18.4 Å². The number of para-hydroxylation sites is 1. The fraction of sp³-hybridized carbons (Fsp3) is 0.462. The molecule has 1 fully saturated rings. The number of carbonyl (C=O) groups excluding carboxylic acids is 1. The molecule has 0 radical (unpaired) electrons. The molecule has 1 atom stereocenters. The molecular weight excluding hydrogens is 271 g/mol. The first-order valence-electron chi connectivity index (χ1n) is 6.41. The number of anilines is 1. The van der Waals surface area contributed by atoms with Gasteiger partial charge in [0, 0.05) is 12.6 Å². The first kappa shape index (κ1) is 14.6. The van der Waals surface area contributed by atoms with Crippen molar-refractivity contribution in [2.75, 3.05) is 18.4 Å². The van der Waals surface area contributed by atoms with Crippen molar-refractivity contribution in [3.63, 3.8) is 0 Å².